The molecule has 20 heavy (non-hydrogen) atoms. The second-order valence-corrected chi connectivity index (χ2v) is 5.20. The van der Waals surface area contributed by atoms with E-state index in [1.54, 1.807) is 24.3 Å². The fourth-order valence-electron chi connectivity index (χ4n) is 1.74. The molecule has 0 saturated carbocycles. The van der Waals surface area contributed by atoms with Gasteiger partial charge < -0.3 is 5.32 Å². The highest BCUT2D eigenvalue weighted by atomic mass is 35.5. The van der Waals surface area contributed by atoms with Crippen LogP contribution in [0, 0.1) is 12.7 Å². The fraction of sp³-hybridized carbons (Fsp3) is 0.133. The van der Waals surface area contributed by atoms with E-state index >= 15 is 0 Å². The predicted molar refractivity (Wildman–Crippen MR) is 79.9 cm³/mol. The maximum absolute atomic E-state index is 13.6. The summed E-state index contributed by atoms with van der Waals surface area (Å²) >= 11 is 11.9. The Balaban J connectivity index is 2.11. The SMILES string of the molecule is Cc1ccc(NC(=O)Cc2c(F)cccc2Cl)cc1Cl. The molecule has 0 aliphatic rings. The van der Waals surface area contributed by atoms with Crippen LogP contribution in [0.5, 0.6) is 0 Å². The second-order valence-electron chi connectivity index (χ2n) is 4.39. The third kappa shape index (κ3) is 3.50. The molecule has 2 aromatic carbocycles. The van der Waals surface area contributed by atoms with Crippen LogP contribution in [0.1, 0.15) is 11.1 Å². The molecule has 1 amide bonds. The van der Waals surface area contributed by atoms with Gasteiger partial charge in [0.15, 0.2) is 0 Å². The molecule has 0 radical (unpaired) electrons. The normalized spacial score (nSPS) is 10.4. The molecule has 5 heteroatoms. The van der Waals surface area contributed by atoms with Crippen LogP contribution in [0.3, 0.4) is 0 Å². The van der Waals surface area contributed by atoms with E-state index in [1.165, 1.54) is 12.1 Å². The van der Waals surface area contributed by atoms with Gasteiger partial charge in [-0.15, -0.1) is 0 Å². The van der Waals surface area contributed by atoms with Gasteiger partial charge >= 0.3 is 0 Å². The van der Waals surface area contributed by atoms with Crippen molar-refractivity contribution in [2.24, 2.45) is 0 Å². The van der Waals surface area contributed by atoms with Crippen molar-refractivity contribution in [3.05, 3.63) is 63.4 Å². The first kappa shape index (κ1) is 14.8. The molecule has 0 atom stereocenters. The number of amides is 1. The predicted octanol–water partition coefficient (Wildman–Crippen LogP) is 4.62. The number of nitrogens with one attached hydrogen (secondary N) is 1. The molecule has 2 rings (SSSR count). The van der Waals surface area contributed by atoms with E-state index in [1.807, 2.05) is 6.92 Å². The van der Waals surface area contributed by atoms with Crippen molar-refractivity contribution in [3.8, 4) is 0 Å². The van der Waals surface area contributed by atoms with Crippen LogP contribution < -0.4 is 5.32 Å². The van der Waals surface area contributed by atoms with Crippen molar-refractivity contribution < 1.29 is 9.18 Å². The number of carbonyl (C=O) groups is 1. The van der Waals surface area contributed by atoms with Crippen molar-refractivity contribution in [1.29, 1.82) is 0 Å². The van der Waals surface area contributed by atoms with Gasteiger partial charge in [0.25, 0.3) is 0 Å². The molecule has 2 aromatic rings. The highest BCUT2D eigenvalue weighted by molar-refractivity contribution is 6.32. The molecule has 0 fully saturated rings. The van der Waals surface area contributed by atoms with Gasteiger partial charge in [-0.1, -0.05) is 35.3 Å². The fourth-order valence-corrected chi connectivity index (χ4v) is 2.15. The first-order valence-corrected chi connectivity index (χ1v) is 6.72. The van der Waals surface area contributed by atoms with Crippen molar-refractivity contribution >= 4 is 34.8 Å². The van der Waals surface area contributed by atoms with E-state index in [4.69, 9.17) is 23.2 Å². The summed E-state index contributed by atoms with van der Waals surface area (Å²) in [5.41, 5.74) is 1.67. The Kier molecular flexibility index (Phi) is 4.63. The highest BCUT2D eigenvalue weighted by Gasteiger charge is 2.12. The number of hydrogen-bond acceptors (Lipinski definition) is 1. The Morgan fingerprint density at radius 3 is 2.60 bits per heavy atom. The quantitative estimate of drug-likeness (QED) is 0.880. The lowest BCUT2D eigenvalue weighted by molar-refractivity contribution is -0.115. The van der Waals surface area contributed by atoms with Crippen LogP contribution in [-0.4, -0.2) is 5.91 Å². The summed E-state index contributed by atoms with van der Waals surface area (Å²) in [6.07, 6.45) is -0.128. The molecule has 0 spiro atoms. The summed E-state index contributed by atoms with van der Waals surface area (Å²) in [7, 11) is 0. The average molecular weight is 312 g/mol. The summed E-state index contributed by atoms with van der Waals surface area (Å²) in [5, 5.41) is 3.46. The lowest BCUT2D eigenvalue weighted by atomic mass is 10.1. The molecule has 0 aliphatic heterocycles. The van der Waals surface area contributed by atoms with Crippen molar-refractivity contribution in [2.45, 2.75) is 13.3 Å². The highest BCUT2D eigenvalue weighted by Crippen LogP contribution is 2.22. The third-order valence-electron chi connectivity index (χ3n) is 2.85. The van der Waals surface area contributed by atoms with Gasteiger partial charge in [0.1, 0.15) is 5.82 Å². The van der Waals surface area contributed by atoms with Gasteiger partial charge in [-0.3, -0.25) is 4.79 Å². The van der Waals surface area contributed by atoms with Crippen LogP contribution in [0.15, 0.2) is 36.4 Å². The molecule has 1 N–H and O–H groups in total. The van der Waals surface area contributed by atoms with E-state index in [9.17, 15) is 9.18 Å². The van der Waals surface area contributed by atoms with E-state index in [0.29, 0.717) is 10.7 Å². The van der Waals surface area contributed by atoms with Crippen LogP contribution in [0.2, 0.25) is 10.0 Å². The topological polar surface area (TPSA) is 29.1 Å². The Hall–Kier alpha value is -1.58. The first-order chi connectivity index (χ1) is 9.47. The number of anilines is 1. The molecular formula is C15H12Cl2FNO. The Bertz CT molecular complexity index is 638. The first-order valence-electron chi connectivity index (χ1n) is 5.96. The van der Waals surface area contributed by atoms with Gasteiger partial charge in [-0.25, -0.2) is 4.39 Å². The minimum atomic E-state index is -0.491. The zero-order valence-corrected chi connectivity index (χ0v) is 12.2. The van der Waals surface area contributed by atoms with Crippen LogP contribution in [0.4, 0.5) is 10.1 Å². The number of hydrogen-bond donors (Lipinski definition) is 1. The Morgan fingerprint density at radius 2 is 1.95 bits per heavy atom. The lowest BCUT2D eigenvalue weighted by Gasteiger charge is -2.08. The smallest absolute Gasteiger partial charge is 0.228 e. The van der Waals surface area contributed by atoms with Crippen LogP contribution in [0.25, 0.3) is 0 Å². The summed E-state index contributed by atoms with van der Waals surface area (Å²) < 4.78 is 13.6. The average Bonchev–Trinajstić information content (AvgIpc) is 2.38. The van der Waals surface area contributed by atoms with Crippen LogP contribution >= 0.6 is 23.2 Å². The lowest BCUT2D eigenvalue weighted by Crippen LogP contribution is -2.15. The number of carbonyl (C=O) groups excluding carboxylic acids is 1. The Morgan fingerprint density at radius 1 is 1.20 bits per heavy atom. The summed E-state index contributed by atoms with van der Waals surface area (Å²) in [4.78, 5) is 11.9. The van der Waals surface area contributed by atoms with Crippen LogP contribution in [-0.2, 0) is 11.2 Å². The van der Waals surface area contributed by atoms with Crippen molar-refractivity contribution in [1.82, 2.24) is 0 Å². The van der Waals surface area contributed by atoms with Gasteiger partial charge in [0.05, 0.1) is 6.42 Å². The Labute approximate surface area is 126 Å². The monoisotopic (exact) mass is 311 g/mol. The molecule has 0 aliphatic carbocycles. The minimum Gasteiger partial charge on any atom is -0.326 e. The number of aryl methyl sites for hydroxylation is 1. The maximum Gasteiger partial charge on any atom is 0.228 e. The summed E-state index contributed by atoms with van der Waals surface area (Å²) in [6, 6.07) is 9.51. The van der Waals surface area contributed by atoms with Gasteiger partial charge in [-0.2, -0.15) is 0 Å². The minimum absolute atomic E-state index is 0.128. The molecular weight excluding hydrogens is 300 g/mol. The summed E-state index contributed by atoms with van der Waals surface area (Å²) in [5.74, 6) is -0.841. The van der Waals surface area contributed by atoms with E-state index in [-0.39, 0.29) is 22.9 Å². The molecule has 104 valence electrons. The van der Waals surface area contributed by atoms with E-state index in [0.717, 1.165) is 5.56 Å². The number of rotatable bonds is 3. The standard InChI is InChI=1S/C15H12Cl2FNO/c1-9-5-6-10(7-13(9)17)19-15(20)8-11-12(16)3-2-4-14(11)18/h2-7H,8H2,1H3,(H,19,20). The molecule has 0 heterocycles. The zero-order chi connectivity index (χ0) is 14.7. The van der Waals surface area contributed by atoms with Crippen molar-refractivity contribution in [3.63, 3.8) is 0 Å². The second kappa shape index (κ2) is 6.25. The molecule has 0 bridgehead atoms. The van der Waals surface area contributed by atoms with E-state index in [2.05, 4.69) is 5.32 Å². The molecule has 0 aromatic heterocycles. The van der Waals surface area contributed by atoms with Crippen molar-refractivity contribution in [2.75, 3.05) is 5.32 Å². The largest absolute Gasteiger partial charge is 0.326 e. The number of halogens is 3. The molecule has 2 nitrogen and oxygen atoms in total. The van der Waals surface area contributed by atoms with E-state index < -0.39 is 5.82 Å². The third-order valence-corrected chi connectivity index (χ3v) is 3.62. The zero-order valence-electron chi connectivity index (χ0n) is 10.7. The van der Waals surface area contributed by atoms with Gasteiger partial charge in [0.2, 0.25) is 5.91 Å². The van der Waals surface area contributed by atoms with Gasteiger partial charge in [0, 0.05) is 21.3 Å². The summed E-state index contributed by atoms with van der Waals surface area (Å²) in [6.45, 7) is 1.87. The number of benzene rings is 2. The molecule has 0 saturated heterocycles. The van der Waals surface area contributed by atoms with Gasteiger partial charge in [-0.05, 0) is 36.8 Å². The maximum atomic E-state index is 13.6. The molecule has 0 unspecified atom stereocenters.